The molecule has 0 saturated heterocycles. The summed E-state index contributed by atoms with van der Waals surface area (Å²) < 4.78 is 28.7. The third-order valence-electron chi connectivity index (χ3n) is 4.74. The molecule has 1 unspecified atom stereocenters. The Kier molecular flexibility index (Phi) is 8.86. The summed E-state index contributed by atoms with van der Waals surface area (Å²) >= 11 is 1.57. The van der Waals surface area contributed by atoms with Gasteiger partial charge in [-0.3, -0.25) is 4.79 Å². The van der Waals surface area contributed by atoms with Crippen LogP contribution in [0.4, 0.5) is 0 Å². The van der Waals surface area contributed by atoms with E-state index < -0.39 is 16.0 Å². The molecule has 5 nitrogen and oxygen atoms in total. The van der Waals surface area contributed by atoms with Gasteiger partial charge in [-0.05, 0) is 56.4 Å². The molecule has 0 fully saturated rings. The maximum absolute atomic E-state index is 12.9. The van der Waals surface area contributed by atoms with Crippen LogP contribution < -0.4 is 4.72 Å². The molecule has 160 valence electrons. The zero-order valence-corrected chi connectivity index (χ0v) is 19.0. The number of thiophene rings is 1. The smallest absolute Gasteiger partial charge is 0.303 e. The van der Waals surface area contributed by atoms with Crippen molar-refractivity contribution < 1.29 is 18.3 Å². The fourth-order valence-electron chi connectivity index (χ4n) is 3.09. The molecule has 2 aromatic rings. The van der Waals surface area contributed by atoms with Crippen LogP contribution in [0, 0.1) is 12.8 Å². The highest BCUT2D eigenvalue weighted by Crippen LogP contribution is 2.30. The summed E-state index contributed by atoms with van der Waals surface area (Å²) in [5.74, 6) is -0.224. The Bertz CT molecular complexity index is 886. The number of nitrogens with one attached hydrogen (secondary N) is 1. The number of hydrogen-bond acceptors (Lipinski definition) is 4. The Morgan fingerprint density at radius 1 is 1.07 bits per heavy atom. The van der Waals surface area contributed by atoms with Gasteiger partial charge in [-0.2, -0.15) is 0 Å². The monoisotopic (exact) mass is 437 g/mol. The highest BCUT2D eigenvalue weighted by atomic mass is 32.2. The minimum Gasteiger partial charge on any atom is -0.481 e. The van der Waals surface area contributed by atoms with Crippen LogP contribution in [0.5, 0.6) is 0 Å². The number of rotatable bonds is 12. The molecular formula is C22H31NO4S2. The van der Waals surface area contributed by atoms with Crippen LogP contribution in [0.15, 0.2) is 41.3 Å². The van der Waals surface area contributed by atoms with Gasteiger partial charge in [0.2, 0.25) is 10.0 Å². The average molecular weight is 438 g/mol. The van der Waals surface area contributed by atoms with Crippen molar-refractivity contribution in [3.8, 4) is 0 Å². The first-order valence-electron chi connectivity index (χ1n) is 10.1. The van der Waals surface area contributed by atoms with Crippen molar-refractivity contribution in [1.82, 2.24) is 4.72 Å². The third-order valence-corrected chi connectivity index (χ3v) is 7.49. The van der Waals surface area contributed by atoms with Gasteiger partial charge < -0.3 is 5.11 Å². The zero-order valence-electron chi connectivity index (χ0n) is 17.3. The summed E-state index contributed by atoms with van der Waals surface area (Å²) in [4.78, 5) is 13.1. The second kappa shape index (κ2) is 10.9. The summed E-state index contributed by atoms with van der Waals surface area (Å²) in [6.45, 7) is 6.25. The predicted molar refractivity (Wildman–Crippen MR) is 118 cm³/mol. The summed E-state index contributed by atoms with van der Waals surface area (Å²) in [7, 11) is -3.62. The first kappa shape index (κ1) is 23.6. The van der Waals surface area contributed by atoms with Crippen molar-refractivity contribution in [3.05, 3.63) is 51.7 Å². The normalized spacial score (nSPS) is 13.0. The molecule has 0 aliphatic heterocycles. The minimum absolute atomic E-state index is 0.144. The highest BCUT2D eigenvalue weighted by molar-refractivity contribution is 7.89. The number of benzene rings is 1. The molecule has 1 aromatic heterocycles. The topological polar surface area (TPSA) is 83.5 Å². The van der Waals surface area contributed by atoms with Gasteiger partial charge >= 0.3 is 5.97 Å². The van der Waals surface area contributed by atoms with E-state index in [0.717, 1.165) is 34.6 Å². The molecule has 2 N–H and O–H groups in total. The van der Waals surface area contributed by atoms with E-state index in [4.69, 9.17) is 5.11 Å². The fourth-order valence-corrected chi connectivity index (χ4v) is 5.56. The largest absolute Gasteiger partial charge is 0.481 e. The highest BCUT2D eigenvalue weighted by Gasteiger charge is 2.22. The van der Waals surface area contributed by atoms with E-state index in [1.54, 1.807) is 35.6 Å². The van der Waals surface area contributed by atoms with Gasteiger partial charge in [-0.25, -0.2) is 13.1 Å². The van der Waals surface area contributed by atoms with E-state index in [1.807, 2.05) is 19.1 Å². The lowest BCUT2D eigenvalue weighted by Gasteiger charge is -2.18. The number of aliphatic carboxylic acids is 1. The van der Waals surface area contributed by atoms with E-state index in [0.29, 0.717) is 18.8 Å². The lowest BCUT2D eigenvalue weighted by molar-refractivity contribution is -0.137. The number of carbonyl (C=O) groups is 1. The average Bonchev–Trinajstić information content (AvgIpc) is 3.09. The van der Waals surface area contributed by atoms with Crippen molar-refractivity contribution >= 4 is 27.3 Å². The van der Waals surface area contributed by atoms with Gasteiger partial charge in [-0.1, -0.05) is 44.4 Å². The van der Waals surface area contributed by atoms with Crippen LogP contribution >= 0.6 is 11.3 Å². The molecule has 7 heteroatoms. The van der Waals surface area contributed by atoms with Crippen LogP contribution in [-0.4, -0.2) is 19.5 Å². The standard InChI is InChI=1S/C22H31NO4S2/c1-16(2)6-4-8-20(21-15-12-18(28-21)7-5-9-22(24)25)23-29(26,27)19-13-10-17(3)11-14-19/h10-16,20,23H,4-9H2,1-3H3,(H,24,25). The second-order valence-corrected chi connectivity index (χ2v) is 10.8. The second-order valence-electron chi connectivity index (χ2n) is 7.86. The number of carboxylic acids is 1. The van der Waals surface area contributed by atoms with Crippen LogP contribution in [0.25, 0.3) is 0 Å². The van der Waals surface area contributed by atoms with Gasteiger partial charge in [-0.15, -0.1) is 11.3 Å². The molecule has 1 heterocycles. The van der Waals surface area contributed by atoms with Crippen LogP contribution in [0.3, 0.4) is 0 Å². The Morgan fingerprint density at radius 3 is 2.38 bits per heavy atom. The molecule has 0 radical (unpaired) electrons. The van der Waals surface area contributed by atoms with E-state index in [-0.39, 0.29) is 17.4 Å². The molecule has 1 aromatic carbocycles. The predicted octanol–water partition coefficient (Wildman–Crippen LogP) is 5.31. The van der Waals surface area contributed by atoms with Crippen LogP contribution in [-0.2, 0) is 21.2 Å². The minimum atomic E-state index is -3.62. The maximum Gasteiger partial charge on any atom is 0.303 e. The quantitative estimate of drug-likeness (QED) is 0.471. The maximum atomic E-state index is 12.9. The summed E-state index contributed by atoms with van der Waals surface area (Å²) in [5.41, 5.74) is 1.02. The number of carboxylic acid groups (broad SMARTS) is 1. The van der Waals surface area contributed by atoms with Crippen molar-refractivity contribution in [2.45, 2.75) is 70.2 Å². The molecule has 2 rings (SSSR count). The molecule has 0 spiro atoms. The molecule has 29 heavy (non-hydrogen) atoms. The van der Waals surface area contributed by atoms with Gasteiger partial charge in [0.25, 0.3) is 0 Å². The van der Waals surface area contributed by atoms with Gasteiger partial charge in [0.15, 0.2) is 0 Å². The molecule has 0 aliphatic carbocycles. The fraction of sp³-hybridized carbons (Fsp3) is 0.500. The number of sulfonamides is 1. The van der Waals surface area contributed by atoms with Gasteiger partial charge in [0.1, 0.15) is 0 Å². The first-order valence-corrected chi connectivity index (χ1v) is 12.4. The lowest BCUT2D eigenvalue weighted by Crippen LogP contribution is -2.28. The first-order chi connectivity index (χ1) is 13.7. The van der Waals surface area contributed by atoms with E-state index in [9.17, 15) is 13.2 Å². The Hall–Kier alpha value is -1.70. The summed E-state index contributed by atoms with van der Waals surface area (Å²) in [5, 5.41) is 8.81. The molecular weight excluding hydrogens is 406 g/mol. The van der Waals surface area contributed by atoms with Crippen LogP contribution in [0.1, 0.15) is 67.3 Å². The number of aryl methyl sites for hydroxylation is 2. The third kappa shape index (κ3) is 7.91. The lowest BCUT2D eigenvalue weighted by atomic mass is 10.0. The van der Waals surface area contributed by atoms with Gasteiger partial charge in [0, 0.05) is 16.2 Å². The molecule has 0 saturated carbocycles. The van der Waals surface area contributed by atoms with Crippen molar-refractivity contribution in [1.29, 1.82) is 0 Å². The summed E-state index contributed by atoms with van der Waals surface area (Å²) in [6, 6.07) is 10.5. The van der Waals surface area contributed by atoms with Crippen molar-refractivity contribution in [3.63, 3.8) is 0 Å². The van der Waals surface area contributed by atoms with Crippen LogP contribution in [0.2, 0.25) is 0 Å². The molecule has 0 aliphatic rings. The Labute approximate surface area is 178 Å². The molecule has 0 bridgehead atoms. The SMILES string of the molecule is Cc1ccc(S(=O)(=O)NC(CCCC(C)C)c2ccc(CCCC(=O)O)s2)cc1. The Balaban J connectivity index is 2.15. The van der Waals surface area contributed by atoms with Crippen molar-refractivity contribution in [2.24, 2.45) is 5.92 Å². The van der Waals surface area contributed by atoms with E-state index >= 15 is 0 Å². The number of hydrogen-bond donors (Lipinski definition) is 2. The van der Waals surface area contributed by atoms with E-state index in [1.165, 1.54) is 0 Å². The Morgan fingerprint density at radius 2 is 1.76 bits per heavy atom. The van der Waals surface area contributed by atoms with Crippen molar-refractivity contribution in [2.75, 3.05) is 0 Å². The molecule has 0 amide bonds. The molecule has 1 atom stereocenters. The van der Waals surface area contributed by atoms with Gasteiger partial charge in [0.05, 0.1) is 10.9 Å². The summed E-state index contributed by atoms with van der Waals surface area (Å²) in [6.07, 6.45) is 4.14. The van der Waals surface area contributed by atoms with E-state index in [2.05, 4.69) is 18.6 Å². The zero-order chi connectivity index (χ0) is 21.4.